The molecule has 2 rings (SSSR count). The Morgan fingerprint density at radius 3 is 2.14 bits per heavy atom. The Kier molecular flexibility index (Phi) is 5.65. The van der Waals surface area contributed by atoms with E-state index in [9.17, 15) is 13.2 Å². The molecule has 118 valence electrons. The first-order chi connectivity index (χ1) is 9.99. The zero-order valence-electron chi connectivity index (χ0n) is 12.2. The van der Waals surface area contributed by atoms with Crippen LogP contribution in [0.3, 0.4) is 0 Å². The van der Waals surface area contributed by atoms with Crippen LogP contribution in [0.15, 0.2) is 24.3 Å². The lowest BCUT2D eigenvalue weighted by Crippen LogP contribution is -2.36. The second-order valence-corrected chi connectivity index (χ2v) is 5.72. The van der Waals surface area contributed by atoms with Gasteiger partial charge in [0.25, 0.3) is 0 Å². The molecule has 1 aliphatic carbocycles. The van der Waals surface area contributed by atoms with Crippen LogP contribution in [0.25, 0.3) is 0 Å². The summed E-state index contributed by atoms with van der Waals surface area (Å²) in [6.07, 6.45) is -2.33. The third-order valence-corrected chi connectivity index (χ3v) is 4.12. The minimum absolute atomic E-state index is 0.197. The van der Waals surface area contributed by atoms with Gasteiger partial charge >= 0.3 is 6.18 Å². The number of halogens is 3. The van der Waals surface area contributed by atoms with Crippen LogP contribution in [-0.2, 0) is 17.9 Å². The van der Waals surface area contributed by atoms with Gasteiger partial charge in [0, 0.05) is 19.7 Å². The van der Waals surface area contributed by atoms with Crippen molar-refractivity contribution in [3.63, 3.8) is 0 Å². The first-order valence-electron chi connectivity index (χ1n) is 7.36. The Morgan fingerprint density at radius 1 is 1.05 bits per heavy atom. The van der Waals surface area contributed by atoms with Crippen molar-refractivity contribution in [1.82, 2.24) is 5.32 Å². The van der Waals surface area contributed by atoms with E-state index in [0.717, 1.165) is 11.1 Å². The summed E-state index contributed by atoms with van der Waals surface area (Å²) >= 11 is 0. The van der Waals surface area contributed by atoms with Gasteiger partial charge in [-0.25, -0.2) is 0 Å². The predicted octanol–water partition coefficient (Wildman–Crippen LogP) is 4.04. The van der Waals surface area contributed by atoms with Crippen LogP contribution in [0, 0.1) is 5.92 Å². The lowest BCUT2D eigenvalue weighted by molar-refractivity contribution is -0.182. The molecular formula is C16H22F3NO. The standard InChI is InChI=1S/C16H22F3NO/c1-21-11-13-4-2-12(3-5-13)10-20-15-8-6-14(7-9-15)16(17,18)19/h2-5,14-15,20H,6-11H2,1H3. The monoisotopic (exact) mass is 301 g/mol. The number of benzene rings is 1. The lowest BCUT2D eigenvalue weighted by atomic mass is 9.85. The predicted molar refractivity (Wildman–Crippen MR) is 75.8 cm³/mol. The van der Waals surface area contributed by atoms with Gasteiger partial charge < -0.3 is 10.1 Å². The molecule has 0 spiro atoms. The van der Waals surface area contributed by atoms with E-state index in [-0.39, 0.29) is 18.9 Å². The third kappa shape index (κ3) is 5.00. The van der Waals surface area contributed by atoms with Crippen molar-refractivity contribution in [2.45, 2.75) is 51.1 Å². The summed E-state index contributed by atoms with van der Waals surface area (Å²) in [7, 11) is 1.66. The Balaban J connectivity index is 1.74. The van der Waals surface area contributed by atoms with Crippen molar-refractivity contribution in [3.05, 3.63) is 35.4 Å². The molecule has 0 unspecified atom stereocenters. The summed E-state index contributed by atoms with van der Waals surface area (Å²) in [5.74, 6) is -1.11. The van der Waals surface area contributed by atoms with E-state index in [2.05, 4.69) is 5.32 Å². The largest absolute Gasteiger partial charge is 0.391 e. The highest BCUT2D eigenvalue weighted by Crippen LogP contribution is 2.37. The SMILES string of the molecule is COCc1ccc(CNC2CCC(C(F)(F)F)CC2)cc1. The van der Waals surface area contributed by atoms with E-state index in [1.165, 1.54) is 0 Å². The molecular weight excluding hydrogens is 279 g/mol. The Labute approximate surface area is 123 Å². The first-order valence-corrected chi connectivity index (χ1v) is 7.36. The normalized spacial score (nSPS) is 23.2. The second-order valence-electron chi connectivity index (χ2n) is 5.72. The molecule has 1 aliphatic rings. The molecule has 21 heavy (non-hydrogen) atoms. The molecule has 1 aromatic carbocycles. The maximum atomic E-state index is 12.6. The van der Waals surface area contributed by atoms with E-state index in [4.69, 9.17) is 4.74 Å². The number of nitrogens with one attached hydrogen (secondary N) is 1. The van der Waals surface area contributed by atoms with E-state index in [1.807, 2.05) is 24.3 Å². The van der Waals surface area contributed by atoms with Crippen molar-refractivity contribution in [2.24, 2.45) is 5.92 Å². The van der Waals surface area contributed by atoms with Crippen molar-refractivity contribution >= 4 is 0 Å². The van der Waals surface area contributed by atoms with E-state index < -0.39 is 12.1 Å². The van der Waals surface area contributed by atoms with Gasteiger partial charge in [-0.3, -0.25) is 0 Å². The minimum atomic E-state index is -4.03. The number of ether oxygens (including phenoxy) is 1. The number of hydrogen-bond donors (Lipinski definition) is 1. The maximum Gasteiger partial charge on any atom is 0.391 e. The fourth-order valence-corrected chi connectivity index (χ4v) is 2.81. The minimum Gasteiger partial charge on any atom is -0.380 e. The molecule has 0 aliphatic heterocycles. The van der Waals surface area contributed by atoms with Crippen molar-refractivity contribution in [2.75, 3.05) is 7.11 Å². The van der Waals surface area contributed by atoms with Gasteiger partial charge in [-0.1, -0.05) is 24.3 Å². The fraction of sp³-hybridized carbons (Fsp3) is 0.625. The van der Waals surface area contributed by atoms with E-state index >= 15 is 0 Å². The lowest BCUT2D eigenvalue weighted by Gasteiger charge is -2.30. The fourth-order valence-electron chi connectivity index (χ4n) is 2.81. The smallest absolute Gasteiger partial charge is 0.380 e. The highest BCUT2D eigenvalue weighted by molar-refractivity contribution is 5.22. The van der Waals surface area contributed by atoms with Crippen LogP contribution in [0.4, 0.5) is 13.2 Å². The average Bonchev–Trinajstić information content (AvgIpc) is 2.46. The zero-order chi connectivity index (χ0) is 15.3. The number of methoxy groups -OCH3 is 1. The van der Waals surface area contributed by atoms with Gasteiger partial charge in [-0.05, 0) is 36.8 Å². The highest BCUT2D eigenvalue weighted by Gasteiger charge is 2.41. The molecule has 1 saturated carbocycles. The molecule has 0 saturated heterocycles. The molecule has 2 nitrogen and oxygen atoms in total. The molecule has 0 atom stereocenters. The van der Waals surface area contributed by atoms with Crippen LogP contribution in [-0.4, -0.2) is 19.3 Å². The van der Waals surface area contributed by atoms with Gasteiger partial charge in [0.1, 0.15) is 0 Å². The molecule has 1 fully saturated rings. The third-order valence-electron chi connectivity index (χ3n) is 4.12. The number of alkyl halides is 3. The molecule has 5 heteroatoms. The second kappa shape index (κ2) is 7.27. The van der Waals surface area contributed by atoms with Gasteiger partial charge in [0.2, 0.25) is 0 Å². The van der Waals surface area contributed by atoms with Gasteiger partial charge in [-0.15, -0.1) is 0 Å². The number of hydrogen-bond acceptors (Lipinski definition) is 2. The van der Waals surface area contributed by atoms with Gasteiger partial charge in [0.15, 0.2) is 0 Å². The Hall–Kier alpha value is -1.07. The van der Waals surface area contributed by atoms with Crippen molar-refractivity contribution < 1.29 is 17.9 Å². The van der Waals surface area contributed by atoms with Gasteiger partial charge in [0.05, 0.1) is 12.5 Å². The Morgan fingerprint density at radius 2 is 1.62 bits per heavy atom. The topological polar surface area (TPSA) is 21.3 Å². The summed E-state index contributed by atoms with van der Waals surface area (Å²) in [6.45, 7) is 1.30. The van der Waals surface area contributed by atoms with E-state index in [0.29, 0.717) is 26.0 Å². The quantitative estimate of drug-likeness (QED) is 0.886. The molecule has 0 heterocycles. The molecule has 0 radical (unpaired) electrons. The summed E-state index contributed by atoms with van der Waals surface area (Å²) in [4.78, 5) is 0. The highest BCUT2D eigenvalue weighted by atomic mass is 19.4. The van der Waals surface area contributed by atoms with Crippen LogP contribution in [0.5, 0.6) is 0 Å². The van der Waals surface area contributed by atoms with E-state index in [1.54, 1.807) is 7.11 Å². The summed E-state index contributed by atoms with van der Waals surface area (Å²) in [6, 6.07) is 8.29. The Bertz CT molecular complexity index is 422. The van der Waals surface area contributed by atoms with Crippen LogP contribution >= 0.6 is 0 Å². The van der Waals surface area contributed by atoms with Crippen LogP contribution < -0.4 is 5.32 Å². The molecule has 1 N–H and O–H groups in total. The average molecular weight is 301 g/mol. The van der Waals surface area contributed by atoms with Crippen LogP contribution in [0.2, 0.25) is 0 Å². The molecule has 0 aromatic heterocycles. The molecule has 1 aromatic rings. The first kappa shape index (κ1) is 16.3. The van der Waals surface area contributed by atoms with Gasteiger partial charge in [-0.2, -0.15) is 13.2 Å². The maximum absolute atomic E-state index is 12.6. The molecule has 0 bridgehead atoms. The van der Waals surface area contributed by atoms with Crippen molar-refractivity contribution in [1.29, 1.82) is 0 Å². The zero-order valence-corrected chi connectivity index (χ0v) is 12.2. The summed E-state index contributed by atoms with van der Waals surface area (Å²) < 4.78 is 42.8. The summed E-state index contributed by atoms with van der Waals surface area (Å²) in [5.41, 5.74) is 2.26. The molecule has 0 amide bonds. The van der Waals surface area contributed by atoms with Crippen LogP contribution in [0.1, 0.15) is 36.8 Å². The van der Waals surface area contributed by atoms with Crippen molar-refractivity contribution in [3.8, 4) is 0 Å². The summed E-state index contributed by atoms with van der Waals surface area (Å²) in [5, 5.41) is 3.36. The number of rotatable bonds is 5.